The number of nitrogens with zero attached hydrogens (tertiary/aromatic N) is 1. The maximum Gasteiger partial charge on any atom is 0.242 e. The van der Waals surface area contributed by atoms with Gasteiger partial charge in [0.1, 0.15) is 6.04 Å². The van der Waals surface area contributed by atoms with Gasteiger partial charge in [-0.3, -0.25) is 9.59 Å². The molecule has 0 aromatic heterocycles. The average molecular weight is 281 g/mol. The van der Waals surface area contributed by atoms with Gasteiger partial charge in [0.2, 0.25) is 11.8 Å². The van der Waals surface area contributed by atoms with E-state index in [-0.39, 0.29) is 17.9 Å². The van der Waals surface area contributed by atoms with E-state index in [4.69, 9.17) is 0 Å². The van der Waals surface area contributed by atoms with Crippen LogP contribution in [-0.4, -0.2) is 48.9 Å². The molecule has 2 aliphatic heterocycles. The highest BCUT2D eigenvalue weighted by Crippen LogP contribution is 2.16. The number of piperidine rings is 1. The molecule has 20 heavy (non-hydrogen) atoms. The van der Waals surface area contributed by atoms with Crippen LogP contribution in [-0.2, 0) is 9.59 Å². The van der Waals surface area contributed by atoms with Crippen molar-refractivity contribution in [3.05, 3.63) is 0 Å². The van der Waals surface area contributed by atoms with Crippen LogP contribution in [0.5, 0.6) is 0 Å². The third kappa shape index (κ3) is 3.95. The number of carbonyl (C=O) groups excluding carboxylic acids is 2. The molecule has 0 aromatic carbocycles. The highest BCUT2D eigenvalue weighted by atomic mass is 16.2. The monoisotopic (exact) mass is 281 g/mol. The topological polar surface area (TPSA) is 61.4 Å². The Balaban J connectivity index is 1.73. The largest absolute Gasteiger partial charge is 0.354 e. The van der Waals surface area contributed by atoms with Crippen molar-refractivity contribution < 1.29 is 9.59 Å². The average Bonchev–Trinajstić information content (AvgIpc) is 2.87. The van der Waals surface area contributed by atoms with Crippen LogP contribution < -0.4 is 10.6 Å². The van der Waals surface area contributed by atoms with Crippen molar-refractivity contribution in [3.63, 3.8) is 0 Å². The lowest BCUT2D eigenvalue weighted by atomic mass is 9.96. The van der Waals surface area contributed by atoms with Crippen LogP contribution in [0.1, 0.15) is 45.4 Å². The minimum absolute atomic E-state index is 0.0199. The fourth-order valence-electron chi connectivity index (χ4n) is 3.23. The van der Waals surface area contributed by atoms with Crippen LogP contribution >= 0.6 is 0 Å². The van der Waals surface area contributed by atoms with Gasteiger partial charge in [-0.05, 0) is 51.1 Å². The lowest BCUT2D eigenvalue weighted by molar-refractivity contribution is -0.137. The van der Waals surface area contributed by atoms with Gasteiger partial charge in [-0.2, -0.15) is 0 Å². The minimum atomic E-state index is -0.269. The summed E-state index contributed by atoms with van der Waals surface area (Å²) in [5.74, 6) is 0.826. The molecule has 0 bridgehead atoms. The van der Waals surface area contributed by atoms with Gasteiger partial charge in [0.15, 0.2) is 0 Å². The lowest BCUT2D eigenvalue weighted by Gasteiger charge is -2.27. The Morgan fingerprint density at radius 2 is 2.35 bits per heavy atom. The molecule has 2 amide bonds. The minimum Gasteiger partial charge on any atom is -0.354 e. The Labute approximate surface area is 121 Å². The highest BCUT2D eigenvalue weighted by Gasteiger charge is 2.31. The van der Waals surface area contributed by atoms with Crippen molar-refractivity contribution in [1.82, 2.24) is 15.5 Å². The second-order valence-electron chi connectivity index (χ2n) is 5.91. The summed E-state index contributed by atoms with van der Waals surface area (Å²) in [5, 5.41) is 6.41. The lowest BCUT2D eigenvalue weighted by Crippen LogP contribution is -2.47. The first-order chi connectivity index (χ1) is 9.72. The predicted molar refractivity (Wildman–Crippen MR) is 78.2 cm³/mol. The van der Waals surface area contributed by atoms with E-state index >= 15 is 0 Å². The van der Waals surface area contributed by atoms with Gasteiger partial charge in [0.25, 0.3) is 0 Å². The molecule has 0 saturated carbocycles. The van der Waals surface area contributed by atoms with Crippen LogP contribution in [0, 0.1) is 5.92 Å². The Morgan fingerprint density at radius 1 is 1.50 bits per heavy atom. The molecular weight excluding hydrogens is 254 g/mol. The van der Waals surface area contributed by atoms with E-state index in [9.17, 15) is 9.59 Å². The summed E-state index contributed by atoms with van der Waals surface area (Å²) >= 11 is 0. The zero-order valence-corrected chi connectivity index (χ0v) is 12.5. The maximum absolute atomic E-state index is 12.2. The second-order valence-corrected chi connectivity index (χ2v) is 5.91. The van der Waals surface area contributed by atoms with E-state index in [1.54, 1.807) is 4.90 Å². The van der Waals surface area contributed by atoms with Crippen LogP contribution in [0.4, 0.5) is 0 Å². The van der Waals surface area contributed by atoms with Gasteiger partial charge in [0.05, 0.1) is 0 Å². The molecule has 2 heterocycles. The molecule has 0 aliphatic carbocycles. The van der Waals surface area contributed by atoms with Gasteiger partial charge in [-0.25, -0.2) is 0 Å². The molecule has 2 saturated heterocycles. The number of hydrogen-bond donors (Lipinski definition) is 2. The summed E-state index contributed by atoms with van der Waals surface area (Å²) in [7, 11) is 0. The number of hydrogen-bond acceptors (Lipinski definition) is 3. The third-order valence-corrected chi connectivity index (χ3v) is 4.43. The molecule has 0 spiro atoms. The normalized spacial score (nSPS) is 24.8. The molecule has 2 atom stereocenters. The van der Waals surface area contributed by atoms with E-state index < -0.39 is 0 Å². The molecular formula is C15H27N3O2. The Hall–Kier alpha value is -1.10. The quantitative estimate of drug-likeness (QED) is 0.760. The molecule has 0 radical (unpaired) electrons. The molecule has 114 valence electrons. The van der Waals surface area contributed by atoms with Crippen molar-refractivity contribution in [1.29, 1.82) is 0 Å². The summed E-state index contributed by atoms with van der Waals surface area (Å²) in [6, 6.07) is -0.269. The Bertz CT molecular complexity index is 340. The van der Waals surface area contributed by atoms with E-state index in [2.05, 4.69) is 10.6 Å². The molecule has 2 N–H and O–H groups in total. The standard InChI is InChI=1S/C15H27N3O2/c1-2-13(18-10-4-6-14(18)19)15(20)17-9-7-12-5-3-8-16-11-12/h12-13,16H,2-11H2,1H3,(H,17,20). The molecule has 2 aliphatic rings. The SMILES string of the molecule is CCC(C(=O)NCCC1CCCNC1)N1CCCC1=O. The first kappa shape index (κ1) is 15.3. The molecule has 2 fully saturated rings. The molecule has 2 rings (SSSR count). The van der Waals surface area contributed by atoms with Crippen LogP contribution in [0.25, 0.3) is 0 Å². The maximum atomic E-state index is 12.2. The van der Waals surface area contributed by atoms with Crippen molar-refractivity contribution in [2.45, 2.75) is 51.5 Å². The molecule has 0 aromatic rings. The van der Waals surface area contributed by atoms with Crippen LogP contribution in [0.2, 0.25) is 0 Å². The van der Waals surface area contributed by atoms with Gasteiger partial charge < -0.3 is 15.5 Å². The van der Waals surface area contributed by atoms with Gasteiger partial charge in [-0.15, -0.1) is 0 Å². The van der Waals surface area contributed by atoms with E-state index in [0.717, 1.165) is 39.0 Å². The first-order valence-corrected chi connectivity index (χ1v) is 8.00. The van der Waals surface area contributed by atoms with Crippen molar-refractivity contribution in [2.75, 3.05) is 26.2 Å². The number of nitrogens with one attached hydrogen (secondary N) is 2. The fraction of sp³-hybridized carbons (Fsp3) is 0.867. The smallest absolute Gasteiger partial charge is 0.242 e. The van der Waals surface area contributed by atoms with Crippen LogP contribution in [0.3, 0.4) is 0 Å². The third-order valence-electron chi connectivity index (χ3n) is 4.43. The number of rotatable bonds is 6. The Kier molecular flexibility index (Phi) is 5.83. The second kappa shape index (κ2) is 7.62. The summed E-state index contributed by atoms with van der Waals surface area (Å²) in [4.78, 5) is 25.7. The van der Waals surface area contributed by atoms with Crippen molar-refractivity contribution in [3.8, 4) is 0 Å². The molecule has 5 nitrogen and oxygen atoms in total. The molecule has 5 heteroatoms. The zero-order chi connectivity index (χ0) is 14.4. The van der Waals surface area contributed by atoms with E-state index in [0.29, 0.717) is 18.8 Å². The van der Waals surface area contributed by atoms with Crippen molar-refractivity contribution >= 4 is 11.8 Å². The van der Waals surface area contributed by atoms with Gasteiger partial charge in [0, 0.05) is 19.5 Å². The van der Waals surface area contributed by atoms with Gasteiger partial charge >= 0.3 is 0 Å². The fourth-order valence-corrected chi connectivity index (χ4v) is 3.23. The first-order valence-electron chi connectivity index (χ1n) is 8.00. The summed E-state index contributed by atoms with van der Waals surface area (Å²) < 4.78 is 0. The zero-order valence-electron chi connectivity index (χ0n) is 12.5. The van der Waals surface area contributed by atoms with E-state index in [1.165, 1.54) is 12.8 Å². The Morgan fingerprint density at radius 3 is 2.95 bits per heavy atom. The number of amides is 2. The summed E-state index contributed by atoms with van der Waals surface area (Å²) in [6.07, 6.45) is 5.70. The van der Waals surface area contributed by atoms with Crippen molar-refractivity contribution in [2.24, 2.45) is 5.92 Å². The van der Waals surface area contributed by atoms with Gasteiger partial charge in [-0.1, -0.05) is 6.92 Å². The summed E-state index contributed by atoms with van der Waals surface area (Å²) in [5.41, 5.74) is 0. The van der Waals surface area contributed by atoms with E-state index in [1.807, 2.05) is 6.92 Å². The van der Waals surface area contributed by atoms with Crippen LogP contribution in [0.15, 0.2) is 0 Å². The number of likely N-dealkylation sites (tertiary alicyclic amines) is 1. The predicted octanol–water partition coefficient (Wildman–Crippen LogP) is 0.893. The number of carbonyl (C=O) groups is 2. The highest BCUT2D eigenvalue weighted by molar-refractivity contribution is 5.88. The summed E-state index contributed by atoms with van der Waals surface area (Å²) in [6.45, 7) is 5.62. The molecule has 2 unspecified atom stereocenters.